The molecule has 0 aliphatic heterocycles. The van der Waals surface area contributed by atoms with Crippen molar-refractivity contribution in [3.8, 4) is 0 Å². The second kappa shape index (κ2) is 6.94. The van der Waals surface area contributed by atoms with E-state index < -0.39 is 17.4 Å². The predicted octanol–water partition coefficient (Wildman–Crippen LogP) is 3.85. The second-order valence-corrected chi connectivity index (χ2v) is 8.38. The van der Waals surface area contributed by atoms with Crippen LogP contribution in [0.5, 0.6) is 0 Å². The van der Waals surface area contributed by atoms with E-state index in [0.717, 1.165) is 40.6 Å². The molecule has 0 unspecified atom stereocenters. The van der Waals surface area contributed by atoms with E-state index in [0.29, 0.717) is 21.5 Å². The first-order valence-electron chi connectivity index (χ1n) is 8.43. The molecule has 0 radical (unpaired) electrons. The van der Waals surface area contributed by atoms with Gasteiger partial charge in [0.25, 0.3) is 11.8 Å². The first kappa shape index (κ1) is 17.9. The Morgan fingerprint density at radius 1 is 1.19 bits per heavy atom. The number of fused-ring (bicyclic) bond motifs is 2. The number of halogens is 1. The lowest BCUT2D eigenvalue weighted by atomic mass is 9.95. The molecule has 4 rings (SSSR count). The minimum Gasteiger partial charge on any atom is -0.422 e. The average Bonchev–Trinajstić information content (AvgIpc) is 2.99. The third kappa shape index (κ3) is 3.30. The van der Waals surface area contributed by atoms with Gasteiger partial charge >= 0.3 is 5.63 Å². The molecule has 0 atom stereocenters. The van der Waals surface area contributed by atoms with Gasteiger partial charge < -0.3 is 15.5 Å². The van der Waals surface area contributed by atoms with Gasteiger partial charge in [0.1, 0.15) is 16.1 Å². The third-order valence-electron chi connectivity index (χ3n) is 4.58. The zero-order valence-corrected chi connectivity index (χ0v) is 16.5. The van der Waals surface area contributed by atoms with Crippen LogP contribution in [0.1, 0.15) is 44.0 Å². The maximum atomic E-state index is 12.7. The van der Waals surface area contributed by atoms with E-state index in [1.54, 1.807) is 18.2 Å². The molecule has 2 heterocycles. The topological polar surface area (TPSA) is 102 Å². The molecule has 1 aliphatic carbocycles. The van der Waals surface area contributed by atoms with E-state index in [-0.39, 0.29) is 5.56 Å². The highest BCUT2D eigenvalue weighted by atomic mass is 79.9. The number of nitrogens with two attached hydrogens (primary N) is 1. The van der Waals surface area contributed by atoms with E-state index in [9.17, 15) is 14.4 Å². The van der Waals surface area contributed by atoms with Crippen LogP contribution >= 0.6 is 27.3 Å². The molecule has 1 aliphatic rings. The van der Waals surface area contributed by atoms with Gasteiger partial charge in [-0.15, -0.1) is 11.3 Å². The fourth-order valence-corrected chi connectivity index (χ4v) is 5.01. The number of aryl methyl sites for hydroxylation is 1. The molecule has 2 aromatic heterocycles. The van der Waals surface area contributed by atoms with Gasteiger partial charge in [0.15, 0.2) is 0 Å². The van der Waals surface area contributed by atoms with Crippen LogP contribution in [0.4, 0.5) is 5.00 Å². The Morgan fingerprint density at radius 3 is 2.74 bits per heavy atom. The summed E-state index contributed by atoms with van der Waals surface area (Å²) in [6, 6.07) is 6.65. The number of carbonyl (C=O) groups excluding carboxylic acids is 2. The van der Waals surface area contributed by atoms with Crippen molar-refractivity contribution in [1.29, 1.82) is 0 Å². The number of rotatable bonds is 3. The van der Waals surface area contributed by atoms with Crippen molar-refractivity contribution in [2.45, 2.75) is 25.7 Å². The fourth-order valence-electron chi connectivity index (χ4n) is 3.34. The van der Waals surface area contributed by atoms with Crippen LogP contribution in [0.3, 0.4) is 0 Å². The Hall–Kier alpha value is -2.45. The standard InChI is InChI=1S/C19H15BrN2O4S/c20-10-5-6-13-9(7-10)8-12(19(25)26-13)17(24)22-18-15(16(21)23)11-3-1-2-4-14(11)27-18/h5-8H,1-4H2,(H2,21,23)(H,22,24). The first-order valence-corrected chi connectivity index (χ1v) is 10.0. The molecular weight excluding hydrogens is 432 g/mol. The van der Waals surface area contributed by atoms with E-state index in [1.807, 2.05) is 0 Å². The van der Waals surface area contributed by atoms with Crippen LogP contribution in [-0.4, -0.2) is 11.8 Å². The van der Waals surface area contributed by atoms with Gasteiger partial charge in [-0.1, -0.05) is 15.9 Å². The second-order valence-electron chi connectivity index (χ2n) is 6.36. The zero-order valence-electron chi connectivity index (χ0n) is 14.1. The van der Waals surface area contributed by atoms with Crippen LogP contribution in [0, 0.1) is 0 Å². The van der Waals surface area contributed by atoms with Crippen molar-refractivity contribution >= 4 is 55.1 Å². The summed E-state index contributed by atoms with van der Waals surface area (Å²) in [6.45, 7) is 0. The molecule has 0 spiro atoms. The van der Waals surface area contributed by atoms with Gasteiger partial charge in [0.2, 0.25) is 0 Å². The highest BCUT2D eigenvalue weighted by molar-refractivity contribution is 9.10. The number of hydrogen-bond acceptors (Lipinski definition) is 5. The summed E-state index contributed by atoms with van der Waals surface area (Å²) in [5.41, 5.74) is 6.36. The summed E-state index contributed by atoms with van der Waals surface area (Å²) < 4.78 is 6.04. The Bertz CT molecular complexity index is 1150. The first-order chi connectivity index (χ1) is 12.9. The van der Waals surface area contributed by atoms with Gasteiger partial charge in [-0.05, 0) is 55.5 Å². The molecule has 0 fully saturated rings. The Morgan fingerprint density at radius 2 is 1.96 bits per heavy atom. The molecule has 0 saturated carbocycles. The maximum absolute atomic E-state index is 12.7. The smallest absolute Gasteiger partial charge is 0.349 e. The van der Waals surface area contributed by atoms with Crippen LogP contribution in [0.25, 0.3) is 11.0 Å². The summed E-state index contributed by atoms with van der Waals surface area (Å²) in [5.74, 6) is -1.19. The number of carbonyl (C=O) groups is 2. The summed E-state index contributed by atoms with van der Waals surface area (Å²) in [5, 5.41) is 3.71. The molecule has 0 saturated heterocycles. The summed E-state index contributed by atoms with van der Waals surface area (Å²) in [4.78, 5) is 38.0. The lowest BCUT2D eigenvalue weighted by Crippen LogP contribution is -2.22. The highest BCUT2D eigenvalue weighted by Gasteiger charge is 2.26. The molecule has 138 valence electrons. The van der Waals surface area contributed by atoms with Crippen molar-refractivity contribution in [3.63, 3.8) is 0 Å². The van der Waals surface area contributed by atoms with Gasteiger partial charge in [-0.25, -0.2) is 4.79 Å². The van der Waals surface area contributed by atoms with Gasteiger partial charge in [-0.2, -0.15) is 0 Å². The Kier molecular flexibility index (Phi) is 4.61. The molecule has 1 aromatic carbocycles. The number of hydrogen-bond donors (Lipinski definition) is 2. The van der Waals surface area contributed by atoms with Crippen LogP contribution in [0.2, 0.25) is 0 Å². The lowest BCUT2D eigenvalue weighted by Gasteiger charge is -2.11. The van der Waals surface area contributed by atoms with Gasteiger partial charge in [0, 0.05) is 14.7 Å². The normalized spacial score (nSPS) is 13.4. The molecule has 3 aromatic rings. The molecule has 8 heteroatoms. The minimum atomic E-state index is -0.732. The number of anilines is 1. The van der Waals surface area contributed by atoms with Crippen molar-refractivity contribution in [1.82, 2.24) is 0 Å². The number of primary amides is 1. The summed E-state index contributed by atoms with van der Waals surface area (Å²) in [7, 11) is 0. The van der Waals surface area contributed by atoms with Gasteiger partial charge in [-0.3, -0.25) is 9.59 Å². The van der Waals surface area contributed by atoms with Crippen LogP contribution in [0.15, 0.2) is 37.9 Å². The monoisotopic (exact) mass is 446 g/mol. The highest BCUT2D eigenvalue weighted by Crippen LogP contribution is 2.38. The molecular formula is C19H15BrN2O4S. The van der Waals surface area contributed by atoms with Crippen LogP contribution in [-0.2, 0) is 12.8 Å². The molecule has 2 amide bonds. The quantitative estimate of drug-likeness (QED) is 0.596. The predicted molar refractivity (Wildman–Crippen MR) is 108 cm³/mol. The van der Waals surface area contributed by atoms with E-state index >= 15 is 0 Å². The molecule has 6 nitrogen and oxygen atoms in total. The van der Waals surface area contributed by atoms with Crippen molar-refractivity contribution in [2.75, 3.05) is 5.32 Å². The number of nitrogens with one attached hydrogen (secondary N) is 1. The fraction of sp³-hybridized carbons (Fsp3) is 0.211. The summed E-state index contributed by atoms with van der Waals surface area (Å²) in [6.07, 6.45) is 3.66. The Labute approximate surface area is 166 Å². The SMILES string of the molecule is NC(=O)c1c(NC(=O)c2cc3cc(Br)ccc3oc2=O)sc2c1CCCC2. The van der Waals surface area contributed by atoms with Crippen molar-refractivity contribution in [3.05, 3.63) is 60.7 Å². The van der Waals surface area contributed by atoms with Gasteiger partial charge in [0.05, 0.1) is 5.56 Å². The van der Waals surface area contributed by atoms with Crippen LogP contribution < -0.4 is 16.7 Å². The average molecular weight is 447 g/mol. The lowest BCUT2D eigenvalue weighted by molar-refractivity contribution is 0.100. The number of thiophene rings is 1. The third-order valence-corrected chi connectivity index (χ3v) is 6.28. The van der Waals surface area contributed by atoms with Crippen molar-refractivity contribution in [2.24, 2.45) is 5.73 Å². The van der Waals surface area contributed by atoms with E-state index in [2.05, 4.69) is 21.2 Å². The zero-order chi connectivity index (χ0) is 19.1. The maximum Gasteiger partial charge on any atom is 0.349 e. The molecule has 3 N–H and O–H groups in total. The molecule has 0 bridgehead atoms. The van der Waals surface area contributed by atoms with E-state index in [1.165, 1.54) is 17.4 Å². The van der Waals surface area contributed by atoms with Crippen molar-refractivity contribution < 1.29 is 14.0 Å². The summed E-state index contributed by atoms with van der Waals surface area (Å²) >= 11 is 4.71. The largest absolute Gasteiger partial charge is 0.422 e. The Balaban J connectivity index is 1.74. The minimum absolute atomic E-state index is 0.123. The number of amides is 2. The van der Waals surface area contributed by atoms with E-state index in [4.69, 9.17) is 10.2 Å². The molecule has 27 heavy (non-hydrogen) atoms. The number of benzene rings is 1.